The van der Waals surface area contributed by atoms with Gasteiger partial charge in [0.15, 0.2) is 0 Å². The standard InChI is InChI=1S/C20H27N3O4S/c1-20(2,3)27-19(24)15-23(14-17-6-4-5-12-22-17)13-11-16-7-9-18(10-8-16)28(21,25)26/h4-10,12H,11,13-15H2,1-3H3,(H2,21,25,26). The van der Waals surface area contributed by atoms with Crippen molar-refractivity contribution in [2.75, 3.05) is 13.1 Å². The first-order valence-corrected chi connectivity index (χ1v) is 10.5. The Bertz CT molecular complexity index is 876. The van der Waals surface area contributed by atoms with Crippen LogP contribution in [0.3, 0.4) is 0 Å². The van der Waals surface area contributed by atoms with Gasteiger partial charge < -0.3 is 4.74 Å². The van der Waals surface area contributed by atoms with E-state index in [1.165, 1.54) is 12.1 Å². The van der Waals surface area contributed by atoms with Crippen LogP contribution in [-0.4, -0.2) is 43.0 Å². The van der Waals surface area contributed by atoms with Crippen LogP contribution in [-0.2, 0) is 32.5 Å². The molecule has 0 fully saturated rings. The highest BCUT2D eigenvalue weighted by atomic mass is 32.2. The monoisotopic (exact) mass is 405 g/mol. The smallest absolute Gasteiger partial charge is 0.320 e. The Kier molecular flexibility index (Phi) is 7.29. The number of pyridine rings is 1. The van der Waals surface area contributed by atoms with Crippen molar-refractivity contribution in [3.63, 3.8) is 0 Å². The molecular formula is C20H27N3O4S. The third kappa shape index (κ3) is 7.75. The zero-order valence-electron chi connectivity index (χ0n) is 16.5. The Morgan fingerprint density at radius 1 is 1.14 bits per heavy atom. The third-order valence-electron chi connectivity index (χ3n) is 3.85. The number of carbonyl (C=O) groups is 1. The highest BCUT2D eigenvalue weighted by Gasteiger charge is 2.19. The first-order valence-electron chi connectivity index (χ1n) is 8.99. The number of carbonyl (C=O) groups excluding carboxylic acids is 1. The van der Waals surface area contributed by atoms with Crippen molar-refractivity contribution in [3.05, 3.63) is 59.9 Å². The number of aromatic nitrogens is 1. The topological polar surface area (TPSA) is 103 Å². The summed E-state index contributed by atoms with van der Waals surface area (Å²) < 4.78 is 28.1. The van der Waals surface area contributed by atoms with Crippen molar-refractivity contribution in [1.29, 1.82) is 0 Å². The van der Waals surface area contributed by atoms with E-state index in [0.717, 1.165) is 11.3 Å². The van der Waals surface area contributed by atoms with E-state index in [-0.39, 0.29) is 17.4 Å². The van der Waals surface area contributed by atoms with Crippen LogP contribution in [0.2, 0.25) is 0 Å². The molecule has 1 aromatic heterocycles. The molecule has 0 aliphatic heterocycles. The molecule has 0 amide bonds. The van der Waals surface area contributed by atoms with Crippen LogP contribution in [0, 0.1) is 0 Å². The first kappa shape index (κ1) is 22.0. The van der Waals surface area contributed by atoms with Crippen LogP contribution in [0.15, 0.2) is 53.6 Å². The lowest BCUT2D eigenvalue weighted by atomic mass is 10.1. The lowest BCUT2D eigenvalue weighted by molar-refractivity contribution is -0.156. The van der Waals surface area contributed by atoms with Crippen LogP contribution in [0.4, 0.5) is 0 Å². The van der Waals surface area contributed by atoms with Crippen molar-refractivity contribution < 1.29 is 17.9 Å². The fraction of sp³-hybridized carbons (Fsp3) is 0.400. The third-order valence-corrected chi connectivity index (χ3v) is 4.78. The SMILES string of the molecule is CC(C)(C)OC(=O)CN(CCc1ccc(S(N)(=O)=O)cc1)Cc1ccccn1. The number of hydrogen-bond acceptors (Lipinski definition) is 6. The van der Waals surface area contributed by atoms with E-state index in [4.69, 9.17) is 9.88 Å². The Morgan fingerprint density at radius 2 is 1.82 bits per heavy atom. The Hall–Kier alpha value is -2.29. The van der Waals surface area contributed by atoms with Gasteiger partial charge in [-0.3, -0.25) is 14.7 Å². The van der Waals surface area contributed by atoms with Crippen molar-refractivity contribution in [1.82, 2.24) is 9.88 Å². The number of benzene rings is 1. The summed E-state index contributed by atoms with van der Waals surface area (Å²) in [6, 6.07) is 12.1. The summed E-state index contributed by atoms with van der Waals surface area (Å²) in [7, 11) is -3.70. The minimum absolute atomic E-state index is 0.0790. The fourth-order valence-corrected chi connectivity index (χ4v) is 3.14. The van der Waals surface area contributed by atoms with E-state index in [9.17, 15) is 13.2 Å². The van der Waals surface area contributed by atoms with Gasteiger partial charge in [0.05, 0.1) is 17.1 Å². The lowest BCUT2D eigenvalue weighted by Crippen LogP contribution is -2.36. The second kappa shape index (κ2) is 9.27. The average molecular weight is 406 g/mol. The molecule has 152 valence electrons. The van der Waals surface area contributed by atoms with E-state index >= 15 is 0 Å². The van der Waals surface area contributed by atoms with E-state index in [1.54, 1.807) is 18.3 Å². The van der Waals surface area contributed by atoms with Crippen molar-refractivity contribution in [3.8, 4) is 0 Å². The number of primary sulfonamides is 1. The quantitative estimate of drug-likeness (QED) is 0.675. The van der Waals surface area contributed by atoms with Gasteiger partial charge in [0.2, 0.25) is 10.0 Å². The number of nitrogens with two attached hydrogens (primary N) is 1. The molecule has 0 aliphatic carbocycles. The fourth-order valence-electron chi connectivity index (χ4n) is 2.62. The molecule has 0 radical (unpaired) electrons. The van der Waals surface area contributed by atoms with Crippen LogP contribution in [0.5, 0.6) is 0 Å². The van der Waals surface area contributed by atoms with Gasteiger partial charge in [-0.05, 0) is 57.0 Å². The van der Waals surface area contributed by atoms with E-state index < -0.39 is 15.6 Å². The number of sulfonamides is 1. The van der Waals surface area contributed by atoms with Crippen LogP contribution in [0.25, 0.3) is 0 Å². The van der Waals surface area contributed by atoms with Gasteiger partial charge >= 0.3 is 5.97 Å². The summed E-state index contributed by atoms with van der Waals surface area (Å²) in [6.45, 7) is 6.74. The number of nitrogens with zero attached hydrogens (tertiary/aromatic N) is 2. The number of rotatable bonds is 8. The largest absolute Gasteiger partial charge is 0.459 e. The van der Waals surface area contributed by atoms with Gasteiger partial charge in [0.1, 0.15) is 5.60 Å². The van der Waals surface area contributed by atoms with Gasteiger partial charge in [-0.2, -0.15) is 0 Å². The molecule has 0 saturated heterocycles. The molecule has 28 heavy (non-hydrogen) atoms. The van der Waals surface area contributed by atoms with Crippen LogP contribution in [0.1, 0.15) is 32.0 Å². The molecule has 2 N–H and O–H groups in total. The second-order valence-electron chi connectivity index (χ2n) is 7.56. The minimum Gasteiger partial charge on any atom is -0.459 e. The molecule has 1 heterocycles. The highest BCUT2D eigenvalue weighted by molar-refractivity contribution is 7.89. The van der Waals surface area contributed by atoms with E-state index in [0.29, 0.717) is 19.5 Å². The van der Waals surface area contributed by atoms with E-state index in [1.807, 2.05) is 43.9 Å². The zero-order chi connectivity index (χ0) is 20.8. The molecular weight excluding hydrogens is 378 g/mol. The molecule has 0 atom stereocenters. The Morgan fingerprint density at radius 3 is 2.36 bits per heavy atom. The predicted molar refractivity (Wildman–Crippen MR) is 107 cm³/mol. The Labute approximate surface area is 166 Å². The van der Waals surface area contributed by atoms with Gasteiger partial charge in [0.25, 0.3) is 0 Å². The van der Waals surface area contributed by atoms with Crippen LogP contribution >= 0.6 is 0 Å². The summed E-state index contributed by atoms with van der Waals surface area (Å²) in [4.78, 5) is 18.6. The summed E-state index contributed by atoms with van der Waals surface area (Å²) in [5, 5.41) is 5.13. The molecule has 1 aromatic carbocycles. The average Bonchev–Trinajstić information content (AvgIpc) is 2.58. The van der Waals surface area contributed by atoms with Gasteiger partial charge in [-0.15, -0.1) is 0 Å². The molecule has 0 saturated carbocycles. The molecule has 8 heteroatoms. The number of ether oxygens (including phenoxy) is 1. The highest BCUT2D eigenvalue weighted by Crippen LogP contribution is 2.12. The molecule has 7 nitrogen and oxygen atoms in total. The molecule has 0 bridgehead atoms. The Balaban J connectivity index is 2.05. The van der Waals surface area contributed by atoms with Crippen molar-refractivity contribution in [2.24, 2.45) is 5.14 Å². The maximum absolute atomic E-state index is 12.3. The molecule has 0 aliphatic rings. The second-order valence-corrected chi connectivity index (χ2v) is 9.12. The normalized spacial score (nSPS) is 12.2. The van der Waals surface area contributed by atoms with Gasteiger partial charge in [-0.1, -0.05) is 18.2 Å². The maximum Gasteiger partial charge on any atom is 0.320 e. The predicted octanol–water partition coefficient (Wildman–Crippen LogP) is 2.12. The summed E-state index contributed by atoms with van der Waals surface area (Å²) in [5.41, 5.74) is 1.26. The molecule has 2 rings (SSSR count). The molecule has 0 unspecified atom stereocenters. The molecule has 2 aromatic rings. The van der Waals surface area contributed by atoms with Crippen molar-refractivity contribution >= 4 is 16.0 Å². The first-order chi connectivity index (χ1) is 13.0. The van der Waals surface area contributed by atoms with E-state index in [2.05, 4.69) is 4.98 Å². The maximum atomic E-state index is 12.3. The lowest BCUT2D eigenvalue weighted by Gasteiger charge is -2.25. The summed E-state index contributed by atoms with van der Waals surface area (Å²) >= 11 is 0. The number of esters is 1. The number of hydrogen-bond donors (Lipinski definition) is 1. The van der Waals surface area contributed by atoms with Gasteiger partial charge in [-0.25, -0.2) is 13.6 Å². The minimum atomic E-state index is -3.70. The summed E-state index contributed by atoms with van der Waals surface area (Å²) in [6.07, 6.45) is 2.35. The van der Waals surface area contributed by atoms with Crippen molar-refractivity contribution in [2.45, 2.75) is 44.2 Å². The molecule has 0 spiro atoms. The summed E-state index contributed by atoms with van der Waals surface area (Å²) in [5.74, 6) is -0.298. The zero-order valence-corrected chi connectivity index (χ0v) is 17.3. The van der Waals surface area contributed by atoms with Gasteiger partial charge in [0, 0.05) is 19.3 Å². The van der Waals surface area contributed by atoms with Crippen LogP contribution < -0.4 is 5.14 Å².